The second-order valence-electron chi connectivity index (χ2n) is 9.10. The SMILES string of the molecule is Cc1ccc(C(=O)Nc2ccc(OC3=CC(c4cncn4C)=CN/C3=C\C=N)c(F)c2)c(=O)n1-c1ccc(F)cc1. The molecule has 2 aromatic heterocycles. The minimum absolute atomic E-state index is 0.106. The molecule has 0 aliphatic carbocycles. The largest absolute Gasteiger partial charge is 0.452 e. The van der Waals surface area contributed by atoms with Gasteiger partial charge in [0.05, 0.1) is 23.9 Å². The average Bonchev–Trinajstić information content (AvgIpc) is 3.38. The Morgan fingerprint density at radius 1 is 1.12 bits per heavy atom. The topological polar surface area (TPSA) is 114 Å². The molecule has 0 saturated carbocycles. The Bertz CT molecular complexity index is 1820. The summed E-state index contributed by atoms with van der Waals surface area (Å²) in [4.78, 5) is 30.2. The highest BCUT2D eigenvalue weighted by Gasteiger charge is 2.19. The van der Waals surface area contributed by atoms with Gasteiger partial charge in [0, 0.05) is 48.2 Å². The Kier molecular flexibility index (Phi) is 7.42. The first-order valence-corrected chi connectivity index (χ1v) is 12.4. The molecule has 4 aromatic rings. The van der Waals surface area contributed by atoms with Crippen LogP contribution in [0.3, 0.4) is 0 Å². The van der Waals surface area contributed by atoms with Crippen molar-refractivity contribution in [1.82, 2.24) is 19.4 Å². The van der Waals surface area contributed by atoms with Gasteiger partial charge in [-0.25, -0.2) is 13.8 Å². The van der Waals surface area contributed by atoms with E-state index in [1.165, 1.54) is 53.1 Å². The van der Waals surface area contributed by atoms with Gasteiger partial charge in [0.1, 0.15) is 11.4 Å². The fourth-order valence-electron chi connectivity index (χ4n) is 4.26. The summed E-state index contributed by atoms with van der Waals surface area (Å²) in [6.07, 6.45) is 9.29. The minimum atomic E-state index is -0.762. The zero-order chi connectivity index (χ0) is 29.1. The summed E-state index contributed by atoms with van der Waals surface area (Å²) >= 11 is 0. The Morgan fingerprint density at radius 3 is 2.59 bits per heavy atom. The number of hydrogen-bond donors (Lipinski definition) is 3. The Hall–Kier alpha value is -5.58. The molecule has 0 unspecified atom stereocenters. The third-order valence-electron chi connectivity index (χ3n) is 6.31. The highest BCUT2D eigenvalue weighted by molar-refractivity contribution is 6.04. The van der Waals surface area contributed by atoms with E-state index in [2.05, 4.69) is 15.6 Å². The number of anilines is 1. The van der Waals surface area contributed by atoms with E-state index in [1.807, 2.05) is 11.6 Å². The smallest absolute Gasteiger partial charge is 0.268 e. The van der Waals surface area contributed by atoms with Gasteiger partial charge in [0.15, 0.2) is 17.3 Å². The molecule has 0 saturated heterocycles. The van der Waals surface area contributed by atoms with Crippen molar-refractivity contribution in [2.75, 3.05) is 5.32 Å². The number of amides is 1. The molecule has 0 atom stereocenters. The highest BCUT2D eigenvalue weighted by atomic mass is 19.1. The van der Waals surface area contributed by atoms with Crippen LogP contribution in [0.2, 0.25) is 0 Å². The molecule has 0 fully saturated rings. The maximum Gasteiger partial charge on any atom is 0.268 e. The number of hydrogen-bond acceptors (Lipinski definition) is 6. The van der Waals surface area contributed by atoms with Gasteiger partial charge in [-0.15, -0.1) is 0 Å². The van der Waals surface area contributed by atoms with E-state index in [0.717, 1.165) is 23.5 Å². The van der Waals surface area contributed by atoms with Gasteiger partial charge >= 0.3 is 0 Å². The van der Waals surface area contributed by atoms with Crippen molar-refractivity contribution in [3.05, 3.63) is 136 Å². The molecule has 1 aliphatic rings. The highest BCUT2D eigenvalue weighted by Crippen LogP contribution is 2.29. The molecule has 1 amide bonds. The third kappa shape index (κ3) is 5.59. The van der Waals surface area contributed by atoms with Crippen LogP contribution in [0, 0.1) is 24.0 Å². The van der Waals surface area contributed by atoms with Crippen LogP contribution in [0.5, 0.6) is 5.75 Å². The number of benzene rings is 2. The molecule has 2 aromatic carbocycles. The Morgan fingerprint density at radius 2 is 1.90 bits per heavy atom. The first-order chi connectivity index (χ1) is 19.7. The fourth-order valence-corrected chi connectivity index (χ4v) is 4.26. The van der Waals surface area contributed by atoms with Crippen molar-refractivity contribution in [2.45, 2.75) is 6.92 Å². The Labute approximate surface area is 233 Å². The van der Waals surface area contributed by atoms with E-state index >= 15 is 4.39 Å². The third-order valence-corrected chi connectivity index (χ3v) is 6.31. The van der Waals surface area contributed by atoms with Gasteiger partial charge in [-0.3, -0.25) is 14.2 Å². The van der Waals surface area contributed by atoms with Crippen LogP contribution in [0.4, 0.5) is 14.5 Å². The van der Waals surface area contributed by atoms with E-state index in [4.69, 9.17) is 10.1 Å². The monoisotopic (exact) mass is 554 g/mol. The summed E-state index contributed by atoms with van der Waals surface area (Å²) in [5.41, 5.74) is 2.25. The lowest BCUT2D eigenvalue weighted by Gasteiger charge is -2.20. The normalized spacial score (nSPS) is 13.7. The number of carbonyl (C=O) groups is 1. The predicted octanol–water partition coefficient (Wildman–Crippen LogP) is 4.85. The maximum absolute atomic E-state index is 15.1. The van der Waals surface area contributed by atoms with Crippen molar-refractivity contribution in [1.29, 1.82) is 5.41 Å². The minimum Gasteiger partial charge on any atom is -0.452 e. The summed E-state index contributed by atoms with van der Waals surface area (Å²) in [6, 6.07) is 12.2. The maximum atomic E-state index is 15.1. The summed E-state index contributed by atoms with van der Waals surface area (Å²) in [5, 5.41) is 13.0. The van der Waals surface area contributed by atoms with E-state index in [-0.39, 0.29) is 22.8 Å². The van der Waals surface area contributed by atoms with E-state index in [0.29, 0.717) is 17.1 Å². The lowest BCUT2D eigenvalue weighted by molar-refractivity contribution is 0.102. The summed E-state index contributed by atoms with van der Waals surface area (Å²) in [6.45, 7) is 1.69. The molecule has 5 rings (SSSR count). The molecule has 0 radical (unpaired) electrons. The van der Waals surface area contributed by atoms with Crippen LogP contribution in [-0.4, -0.2) is 26.2 Å². The molecule has 0 spiro atoms. The molecule has 11 heteroatoms. The van der Waals surface area contributed by atoms with Crippen molar-refractivity contribution in [3.63, 3.8) is 0 Å². The van der Waals surface area contributed by atoms with Crippen LogP contribution in [0.15, 0.2) is 102 Å². The predicted molar refractivity (Wildman–Crippen MR) is 151 cm³/mol. The molecule has 41 heavy (non-hydrogen) atoms. The Balaban J connectivity index is 1.38. The molecule has 0 bridgehead atoms. The second kappa shape index (κ2) is 11.3. The quantitative estimate of drug-likeness (QED) is 0.283. The summed E-state index contributed by atoms with van der Waals surface area (Å²) in [5.74, 6) is -1.80. The van der Waals surface area contributed by atoms with Crippen LogP contribution in [0.1, 0.15) is 21.7 Å². The lowest BCUT2D eigenvalue weighted by atomic mass is 10.1. The van der Waals surface area contributed by atoms with Crippen LogP contribution in [-0.2, 0) is 7.05 Å². The van der Waals surface area contributed by atoms with E-state index in [1.54, 1.807) is 37.8 Å². The molecule has 206 valence electrons. The number of allylic oxidation sites excluding steroid dienone is 3. The number of carbonyl (C=O) groups excluding carboxylic acids is 1. The number of ether oxygens (including phenoxy) is 1. The average molecular weight is 555 g/mol. The van der Waals surface area contributed by atoms with Gasteiger partial charge in [-0.1, -0.05) is 0 Å². The number of nitrogens with one attached hydrogen (secondary N) is 3. The zero-order valence-corrected chi connectivity index (χ0v) is 22.0. The van der Waals surface area contributed by atoms with E-state index in [9.17, 15) is 14.0 Å². The van der Waals surface area contributed by atoms with Gasteiger partial charge in [-0.05, 0) is 67.6 Å². The number of dihydropyridines is 1. The number of pyridine rings is 1. The number of aromatic nitrogens is 3. The van der Waals surface area contributed by atoms with Crippen LogP contribution in [0.25, 0.3) is 11.3 Å². The van der Waals surface area contributed by atoms with Crippen LogP contribution < -0.4 is 20.9 Å². The molecule has 3 N–H and O–H groups in total. The van der Waals surface area contributed by atoms with Crippen molar-refractivity contribution in [3.8, 4) is 11.4 Å². The number of halogens is 2. The second-order valence-corrected chi connectivity index (χ2v) is 9.10. The molecule has 1 aliphatic heterocycles. The summed E-state index contributed by atoms with van der Waals surface area (Å²) in [7, 11) is 1.84. The van der Waals surface area contributed by atoms with Gasteiger partial charge in [0.2, 0.25) is 0 Å². The van der Waals surface area contributed by atoms with Crippen LogP contribution >= 0.6 is 0 Å². The molecular formula is C30H24F2N6O3. The number of nitrogens with zero attached hydrogens (tertiary/aromatic N) is 3. The van der Waals surface area contributed by atoms with Gasteiger partial charge in [0.25, 0.3) is 11.5 Å². The first-order valence-electron chi connectivity index (χ1n) is 12.4. The first kappa shape index (κ1) is 27.0. The standard InChI is InChI=1S/C30H24F2N6O3/c1-18-3-9-23(30(40)38(18)22-7-4-20(31)5-8-22)29(39)36-21-6-10-27(24(32)14-21)41-28-13-19(15-35-25(28)11-12-33)26-16-34-17-37(26)2/h3-17,33,35H,1-2H3,(H,36,39)/b25-11-,33-12?. The van der Waals surface area contributed by atoms with Crippen molar-refractivity contribution in [2.24, 2.45) is 7.05 Å². The molecule has 9 nitrogen and oxygen atoms in total. The number of aryl methyl sites for hydroxylation is 2. The van der Waals surface area contributed by atoms with Gasteiger partial charge < -0.3 is 25.3 Å². The van der Waals surface area contributed by atoms with Crippen molar-refractivity contribution < 1.29 is 18.3 Å². The fraction of sp³-hybridized carbons (Fsp3) is 0.0667. The number of rotatable bonds is 7. The van der Waals surface area contributed by atoms with Gasteiger partial charge in [-0.2, -0.15) is 0 Å². The van der Waals surface area contributed by atoms with E-state index < -0.39 is 23.1 Å². The lowest BCUT2D eigenvalue weighted by Crippen LogP contribution is -2.29. The van der Waals surface area contributed by atoms with Crippen molar-refractivity contribution >= 4 is 23.4 Å². The number of imidazole rings is 1. The summed E-state index contributed by atoms with van der Waals surface area (Å²) < 4.78 is 37.5. The zero-order valence-electron chi connectivity index (χ0n) is 22.0. The molecule has 3 heterocycles. The molecular weight excluding hydrogens is 530 g/mol.